The van der Waals surface area contributed by atoms with Crippen molar-refractivity contribution >= 4 is 31.6 Å². The van der Waals surface area contributed by atoms with E-state index in [4.69, 9.17) is 0 Å². The maximum Gasteiger partial charge on any atom is 0.573 e. The maximum atomic E-state index is 12.2. The molecular weight excluding hydrogens is 351 g/mol. The van der Waals surface area contributed by atoms with Gasteiger partial charge >= 0.3 is 6.36 Å². The molecule has 0 aromatic heterocycles. The monoisotopic (exact) mass is 361 g/mol. The van der Waals surface area contributed by atoms with Crippen molar-refractivity contribution < 1.29 is 26.3 Å². The van der Waals surface area contributed by atoms with E-state index in [0.717, 1.165) is 6.07 Å². The minimum absolute atomic E-state index is 0.186. The van der Waals surface area contributed by atoms with Crippen molar-refractivity contribution in [3.05, 3.63) is 22.7 Å². The van der Waals surface area contributed by atoms with Crippen LogP contribution in [0.2, 0.25) is 0 Å². The fourth-order valence-corrected chi connectivity index (χ4v) is 2.76. The molecule has 0 aliphatic carbocycles. The summed E-state index contributed by atoms with van der Waals surface area (Å²) in [7, 11) is -3.69. The molecule has 19 heavy (non-hydrogen) atoms. The number of rotatable bonds is 5. The molecule has 0 radical (unpaired) electrons. The quantitative estimate of drug-likeness (QED) is 0.872. The second kappa shape index (κ2) is 6.00. The number of anilines is 1. The maximum absolute atomic E-state index is 12.2. The molecule has 1 N–H and O–H groups in total. The molecule has 0 amide bonds. The molecule has 9 heteroatoms. The second-order valence-corrected chi connectivity index (χ2v) is 6.37. The summed E-state index contributed by atoms with van der Waals surface area (Å²) < 4.78 is 65.9. The number of halogens is 4. The topological polar surface area (TPSA) is 55.4 Å². The van der Waals surface area contributed by atoms with E-state index in [2.05, 4.69) is 25.4 Å². The summed E-state index contributed by atoms with van der Waals surface area (Å²) in [6, 6.07) is 3.64. The van der Waals surface area contributed by atoms with Crippen LogP contribution in [0.3, 0.4) is 0 Å². The summed E-state index contributed by atoms with van der Waals surface area (Å²) in [5.74, 6) is -0.796. The zero-order valence-electron chi connectivity index (χ0n) is 9.79. The van der Waals surface area contributed by atoms with Gasteiger partial charge in [-0.1, -0.05) is 22.9 Å². The molecule has 0 fully saturated rings. The first-order valence-corrected chi connectivity index (χ1v) is 7.63. The molecule has 4 nitrogen and oxygen atoms in total. The van der Waals surface area contributed by atoms with Crippen LogP contribution in [-0.4, -0.2) is 20.5 Å². The van der Waals surface area contributed by atoms with E-state index in [1.807, 2.05) is 0 Å². The van der Waals surface area contributed by atoms with Crippen LogP contribution in [0.25, 0.3) is 0 Å². The normalized spacial score (nSPS) is 12.3. The SMILES string of the molecule is CCCS(=O)(=O)Nc1ccc(Br)cc1OC(F)(F)F. The van der Waals surface area contributed by atoms with Crippen LogP contribution < -0.4 is 9.46 Å². The smallest absolute Gasteiger partial charge is 0.403 e. The summed E-state index contributed by atoms with van der Waals surface area (Å²) in [5, 5.41) is 0. The first-order valence-electron chi connectivity index (χ1n) is 5.19. The van der Waals surface area contributed by atoms with Gasteiger partial charge in [0.15, 0.2) is 5.75 Å². The van der Waals surface area contributed by atoms with Crippen molar-refractivity contribution in [2.45, 2.75) is 19.7 Å². The van der Waals surface area contributed by atoms with Gasteiger partial charge in [-0.05, 0) is 24.6 Å². The van der Waals surface area contributed by atoms with Gasteiger partial charge in [0, 0.05) is 4.47 Å². The third kappa shape index (κ3) is 5.68. The number of hydrogen-bond donors (Lipinski definition) is 1. The number of nitrogens with one attached hydrogen (secondary N) is 1. The molecule has 108 valence electrons. The Kier molecular flexibility index (Phi) is 5.08. The van der Waals surface area contributed by atoms with Crippen molar-refractivity contribution in [1.29, 1.82) is 0 Å². The molecule has 1 aromatic rings. The Morgan fingerprint density at radius 1 is 1.37 bits per heavy atom. The predicted molar refractivity (Wildman–Crippen MR) is 68.5 cm³/mol. The first kappa shape index (κ1) is 16.1. The molecule has 0 unspecified atom stereocenters. The van der Waals surface area contributed by atoms with Gasteiger partial charge in [-0.25, -0.2) is 8.42 Å². The highest BCUT2D eigenvalue weighted by Gasteiger charge is 2.32. The molecule has 0 heterocycles. The van der Waals surface area contributed by atoms with Crippen LogP contribution >= 0.6 is 15.9 Å². The van der Waals surface area contributed by atoms with Gasteiger partial charge < -0.3 is 4.74 Å². The van der Waals surface area contributed by atoms with Gasteiger partial charge in [0.2, 0.25) is 10.0 Å². The number of benzene rings is 1. The van der Waals surface area contributed by atoms with Crippen molar-refractivity contribution in [3.63, 3.8) is 0 Å². The largest absolute Gasteiger partial charge is 0.573 e. The van der Waals surface area contributed by atoms with E-state index < -0.39 is 22.1 Å². The first-order chi connectivity index (χ1) is 8.63. The second-order valence-electron chi connectivity index (χ2n) is 3.61. The predicted octanol–water partition coefficient (Wildman–Crippen LogP) is 3.50. The zero-order chi connectivity index (χ0) is 14.7. The van der Waals surface area contributed by atoms with E-state index in [9.17, 15) is 21.6 Å². The van der Waals surface area contributed by atoms with Crippen LogP contribution in [0.15, 0.2) is 22.7 Å². The summed E-state index contributed by atoms with van der Waals surface area (Å²) in [6.07, 6.45) is -4.55. The van der Waals surface area contributed by atoms with E-state index >= 15 is 0 Å². The lowest BCUT2D eigenvalue weighted by atomic mass is 10.3. The van der Waals surface area contributed by atoms with Crippen molar-refractivity contribution in [1.82, 2.24) is 0 Å². The average Bonchev–Trinajstić information content (AvgIpc) is 2.19. The van der Waals surface area contributed by atoms with Crippen LogP contribution in [0.5, 0.6) is 5.75 Å². The third-order valence-electron chi connectivity index (χ3n) is 1.91. The summed E-state index contributed by atoms with van der Waals surface area (Å²) in [4.78, 5) is 0. The molecular formula is C10H11BrF3NO3S. The zero-order valence-corrected chi connectivity index (χ0v) is 12.2. The summed E-state index contributed by atoms with van der Waals surface area (Å²) >= 11 is 2.99. The molecule has 0 aliphatic heterocycles. The van der Waals surface area contributed by atoms with Gasteiger partial charge in [0.1, 0.15) is 0 Å². The molecule has 0 spiro atoms. The Labute approximate surface area is 117 Å². The molecule has 0 aliphatic rings. The standard InChI is InChI=1S/C10H11BrF3NO3S/c1-2-5-19(16,17)15-8-4-3-7(11)6-9(8)18-10(12,13)14/h3-4,6,15H,2,5H2,1H3. The number of sulfonamides is 1. The van der Waals surface area contributed by atoms with Crippen LogP contribution in [0, 0.1) is 0 Å². The third-order valence-corrected chi connectivity index (χ3v) is 3.88. The van der Waals surface area contributed by atoms with Crippen LogP contribution in [-0.2, 0) is 10.0 Å². The Hall–Kier alpha value is -0.960. The minimum atomic E-state index is -4.90. The fourth-order valence-electron chi connectivity index (χ4n) is 1.28. The lowest BCUT2D eigenvalue weighted by Gasteiger charge is -2.15. The number of hydrogen-bond acceptors (Lipinski definition) is 3. The molecule has 0 saturated heterocycles. The van der Waals surface area contributed by atoms with Gasteiger partial charge in [-0.15, -0.1) is 13.2 Å². The van der Waals surface area contributed by atoms with Gasteiger partial charge in [-0.2, -0.15) is 0 Å². The summed E-state index contributed by atoms with van der Waals surface area (Å²) in [6.45, 7) is 1.65. The van der Waals surface area contributed by atoms with Gasteiger partial charge in [0.05, 0.1) is 11.4 Å². The van der Waals surface area contributed by atoms with Gasteiger partial charge in [-0.3, -0.25) is 4.72 Å². The Morgan fingerprint density at radius 2 is 2.00 bits per heavy atom. The van der Waals surface area contributed by atoms with E-state index in [1.165, 1.54) is 12.1 Å². The Morgan fingerprint density at radius 3 is 2.53 bits per heavy atom. The fraction of sp³-hybridized carbons (Fsp3) is 0.400. The summed E-state index contributed by atoms with van der Waals surface area (Å²) in [5.41, 5.74) is -0.256. The number of alkyl halides is 3. The highest BCUT2D eigenvalue weighted by Crippen LogP contribution is 2.33. The van der Waals surface area contributed by atoms with E-state index in [0.29, 0.717) is 10.9 Å². The molecule has 0 atom stereocenters. The van der Waals surface area contributed by atoms with Crippen LogP contribution in [0.4, 0.5) is 18.9 Å². The highest BCUT2D eigenvalue weighted by atomic mass is 79.9. The Bertz CT molecular complexity index is 545. The van der Waals surface area contributed by atoms with Crippen molar-refractivity contribution in [2.75, 3.05) is 10.5 Å². The lowest BCUT2D eigenvalue weighted by Crippen LogP contribution is -2.20. The average molecular weight is 362 g/mol. The highest BCUT2D eigenvalue weighted by molar-refractivity contribution is 9.10. The minimum Gasteiger partial charge on any atom is -0.403 e. The molecule has 0 saturated carbocycles. The van der Waals surface area contributed by atoms with E-state index in [1.54, 1.807) is 6.92 Å². The number of ether oxygens (including phenoxy) is 1. The molecule has 1 rings (SSSR count). The lowest BCUT2D eigenvalue weighted by molar-refractivity contribution is -0.274. The Balaban J connectivity index is 3.07. The van der Waals surface area contributed by atoms with Crippen LogP contribution in [0.1, 0.15) is 13.3 Å². The van der Waals surface area contributed by atoms with E-state index in [-0.39, 0.29) is 11.4 Å². The van der Waals surface area contributed by atoms with Crippen molar-refractivity contribution in [2.24, 2.45) is 0 Å². The van der Waals surface area contributed by atoms with Gasteiger partial charge in [0.25, 0.3) is 0 Å². The molecule has 0 bridgehead atoms. The van der Waals surface area contributed by atoms with Crippen molar-refractivity contribution in [3.8, 4) is 5.75 Å². The molecule has 1 aromatic carbocycles.